The molecule has 2 amide bonds. The fourth-order valence-electron chi connectivity index (χ4n) is 2.37. The Kier molecular flexibility index (Phi) is 3.73. The molecule has 0 aromatic carbocycles. The van der Waals surface area contributed by atoms with Crippen LogP contribution in [0.1, 0.15) is 40.0 Å². The average molecular weight is 250 g/mol. The molecule has 2 rings (SSSR count). The van der Waals surface area contributed by atoms with E-state index in [0.717, 1.165) is 12.8 Å². The van der Waals surface area contributed by atoms with Crippen molar-refractivity contribution in [2.24, 2.45) is 5.92 Å². The lowest BCUT2D eigenvalue weighted by Crippen LogP contribution is -2.47. The molecule has 2 aliphatic rings. The fourth-order valence-corrected chi connectivity index (χ4v) is 2.37. The third-order valence-corrected chi connectivity index (χ3v) is 3.67. The van der Waals surface area contributed by atoms with Crippen molar-refractivity contribution >= 4 is 11.8 Å². The Morgan fingerprint density at radius 2 is 2.06 bits per heavy atom. The molecule has 4 heteroatoms. The van der Waals surface area contributed by atoms with Gasteiger partial charge in [0, 0.05) is 19.0 Å². The number of nitrogens with zero attached hydrogens (tertiary/aromatic N) is 1. The quantitative estimate of drug-likeness (QED) is 0.771. The lowest BCUT2D eigenvalue weighted by atomic mass is 10.1. The van der Waals surface area contributed by atoms with Crippen LogP contribution in [-0.4, -0.2) is 35.3 Å². The minimum absolute atomic E-state index is 0.00690. The molecule has 0 bridgehead atoms. The first kappa shape index (κ1) is 13.1. The summed E-state index contributed by atoms with van der Waals surface area (Å²) in [6, 6.07) is -0.301. The van der Waals surface area contributed by atoms with Crippen molar-refractivity contribution in [2.75, 3.05) is 6.54 Å². The highest BCUT2D eigenvalue weighted by Gasteiger charge is 2.42. The molecule has 1 heterocycles. The van der Waals surface area contributed by atoms with Crippen LogP contribution in [0.3, 0.4) is 0 Å². The molecule has 100 valence electrons. The SMILES string of the molecule is CC(C)=CCN1C(=O)C(C2CC2)NC(=O)CC1C. The van der Waals surface area contributed by atoms with E-state index in [0.29, 0.717) is 18.9 Å². The molecule has 1 saturated carbocycles. The van der Waals surface area contributed by atoms with Gasteiger partial charge in [0.15, 0.2) is 0 Å². The van der Waals surface area contributed by atoms with E-state index in [-0.39, 0.29) is 23.9 Å². The molecule has 2 atom stereocenters. The van der Waals surface area contributed by atoms with E-state index < -0.39 is 0 Å². The lowest BCUT2D eigenvalue weighted by Gasteiger charge is -2.27. The van der Waals surface area contributed by atoms with Gasteiger partial charge in [0.25, 0.3) is 0 Å². The number of hydrogen-bond donors (Lipinski definition) is 1. The summed E-state index contributed by atoms with van der Waals surface area (Å²) < 4.78 is 0. The molecular formula is C14H22N2O2. The Morgan fingerprint density at radius 1 is 1.39 bits per heavy atom. The number of amides is 2. The average Bonchev–Trinajstić information content (AvgIpc) is 3.08. The molecule has 18 heavy (non-hydrogen) atoms. The first-order chi connectivity index (χ1) is 8.49. The van der Waals surface area contributed by atoms with Gasteiger partial charge in [-0.25, -0.2) is 0 Å². The maximum absolute atomic E-state index is 12.5. The van der Waals surface area contributed by atoms with Gasteiger partial charge in [-0.05, 0) is 39.5 Å². The molecule has 1 aliphatic heterocycles. The third-order valence-electron chi connectivity index (χ3n) is 3.67. The number of nitrogens with one attached hydrogen (secondary N) is 1. The highest BCUT2D eigenvalue weighted by atomic mass is 16.2. The van der Waals surface area contributed by atoms with Crippen LogP contribution in [0.15, 0.2) is 11.6 Å². The van der Waals surface area contributed by atoms with Crippen LogP contribution in [0.4, 0.5) is 0 Å². The van der Waals surface area contributed by atoms with Gasteiger partial charge in [0.1, 0.15) is 6.04 Å². The highest BCUT2D eigenvalue weighted by Crippen LogP contribution is 2.34. The van der Waals surface area contributed by atoms with E-state index in [4.69, 9.17) is 0 Å². The molecule has 4 nitrogen and oxygen atoms in total. The monoisotopic (exact) mass is 250 g/mol. The van der Waals surface area contributed by atoms with Gasteiger partial charge < -0.3 is 10.2 Å². The fraction of sp³-hybridized carbons (Fsp3) is 0.714. The molecule has 0 radical (unpaired) electrons. The predicted octanol–water partition coefficient (Wildman–Crippen LogP) is 1.47. The standard InChI is InChI=1S/C14H22N2O2/c1-9(2)6-7-16-10(3)8-12(17)15-13(14(16)18)11-4-5-11/h6,10-11,13H,4-5,7-8H2,1-3H3,(H,15,17). The van der Waals surface area contributed by atoms with Crippen LogP contribution in [0.5, 0.6) is 0 Å². The molecule has 0 aromatic heterocycles. The topological polar surface area (TPSA) is 49.4 Å². The van der Waals surface area contributed by atoms with Crippen LogP contribution in [0, 0.1) is 5.92 Å². The smallest absolute Gasteiger partial charge is 0.245 e. The molecule has 2 fully saturated rings. The Balaban J connectivity index is 2.15. The van der Waals surface area contributed by atoms with Gasteiger partial charge in [-0.15, -0.1) is 0 Å². The zero-order chi connectivity index (χ0) is 13.3. The summed E-state index contributed by atoms with van der Waals surface area (Å²) in [5.74, 6) is 0.460. The second-order valence-corrected chi connectivity index (χ2v) is 5.71. The highest BCUT2D eigenvalue weighted by molar-refractivity contribution is 5.91. The molecule has 2 unspecified atom stereocenters. The van der Waals surface area contributed by atoms with Crippen molar-refractivity contribution in [1.29, 1.82) is 0 Å². The minimum Gasteiger partial charge on any atom is -0.344 e. The maximum atomic E-state index is 12.5. The van der Waals surface area contributed by atoms with Crippen molar-refractivity contribution in [3.63, 3.8) is 0 Å². The van der Waals surface area contributed by atoms with Gasteiger partial charge in [0.05, 0.1) is 0 Å². The van der Waals surface area contributed by atoms with Crippen molar-refractivity contribution < 1.29 is 9.59 Å². The number of hydrogen-bond acceptors (Lipinski definition) is 2. The third kappa shape index (κ3) is 2.92. The molecule has 1 saturated heterocycles. The van der Waals surface area contributed by atoms with Gasteiger partial charge in [-0.3, -0.25) is 9.59 Å². The summed E-state index contributed by atoms with van der Waals surface area (Å²) in [6.45, 7) is 6.61. The van der Waals surface area contributed by atoms with Crippen molar-refractivity contribution in [1.82, 2.24) is 10.2 Å². The Bertz CT molecular complexity index is 381. The van der Waals surface area contributed by atoms with Crippen LogP contribution in [-0.2, 0) is 9.59 Å². The van der Waals surface area contributed by atoms with Crippen LogP contribution >= 0.6 is 0 Å². The van der Waals surface area contributed by atoms with Gasteiger partial charge in [0.2, 0.25) is 11.8 Å². The van der Waals surface area contributed by atoms with E-state index in [1.165, 1.54) is 5.57 Å². The zero-order valence-electron chi connectivity index (χ0n) is 11.4. The van der Waals surface area contributed by atoms with Gasteiger partial charge in [-0.2, -0.15) is 0 Å². The summed E-state index contributed by atoms with van der Waals surface area (Å²) in [4.78, 5) is 26.1. The Labute approximate surface area is 108 Å². The second kappa shape index (κ2) is 5.12. The van der Waals surface area contributed by atoms with E-state index in [9.17, 15) is 9.59 Å². The van der Waals surface area contributed by atoms with Gasteiger partial charge >= 0.3 is 0 Å². The van der Waals surface area contributed by atoms with Crippen LogP contribution < -0.4 is 5.32 Å². The van der Waals surface area contributed by atoms with E-state index in [2.05, 4.69) is 5.32 Å². The lowest BCUT2D eigenvalue weighted by molar-refractivity contribution is -0.134. The van der Waals surface area contributed by atoms with Crippen LogP contribution in [0.25, 0.3) is 0 Å². The zero-order valence-corrected chi connectivity index (χ0v) is 11.4. The summed E-state index contributed by atoms with van der Waals surface area (Å²) in [5, 5.41) is 2.89. The largest absolute Gasteiger partial charge is 0.344 e. The molecule has 1 N–H and O–H groups in total. The number of rotatable bonds is 3. The van der Waals surface area contributed by atoms with Crippen molar-refractivity contribution in [2.45, 2.75) is 52.1 Å². The number of carbonyl (C=O) groups excluding carboxylic acids is 2. The van der Waals surface area contributed by atoms with Crippen molar-refractivity contribution in [3.05, 3.63) is 11.6 Å². The van der Waals surface area contributed by atoms with E-state index in [1.807, 2.05) is 31.7 Å². The Hall–Kier alpha value is -1.32. The summed E-state index contributed by atoms with van der Waals surface area (Å²) in [5.41, 5.74) is 1.20. The molecule has 0 spiro atoms. The number of carbonyl (C=O) groups is 2. The summed E-state index contributed by atoms with van der Waals surface area (Å²) in [6.07, 6.45) is 4.57. The summed E-state index contributed by atoms with van der Waals surface area (Å²) in [7, 11) is 0. The van der Waals surface area contributed by atoms with E-state index in [1.54, 1.807) is 0 Å². The number of allylic oxidation sites excluding steroid dienone is 1. The molecule has 0 aromatic rings. The normalized spacial score (nSPS) is 28.7. The van der Waals surface area contributed by atoms with Crippen LogP contribution in [0.2, 0.25) is 0 Å². The molecule has 1 aliphatic carbocycles. The summed E-state index contributed by atoms with van der Waals surface area (Å²) >= 11 is 0. The predicted molar refractivity (Wildman–Crippen MR) is 69.9 cm³/mol. The van der Waals surface area contributed by atoms with E-state index >= 15 is 0 Å². The van der Waals surface area contributed by atoms with Crippen molar-refractivity contribution in [3.8, 4) is 0 Å². The first-order valence-electron chi connectivity index (χ1n) is 6.72. The first-order valence-corrected chi connectivity index (χ1v) is 6.72. The van der Waals surface area contributed by atoms with Gasteiger partial charge in [-0.1, -0.05) is 11.6 Å². The second-order valence-electron chi connectivity index (χ2n) is 5.71. The minimum atomic E-state index is -0.284. The molecular weight excluding hydrogens is 228 g/mol. The Morgan fingerprint density at radius 3 is 2.61 bits per heavy atom. The maximum Gasteiger partial charge on any atom is 0.245 e.